The molecule has 2 atom stereocenters. The highest BCUT2D eigenvalue weighted by atomic mass is 32.2. The van der Waals surface area contributed by atoms with E-state index in [0.29, 0.717) is 5.92 Å². The smallest absolute Gasteiger partial charge is 0.0971 e. The predicted molar refractivity (Wildman–Crippen MR) is 93.8 cm³/mol. The highest BCUT2D eigenvalue weighted by Crippen LogP contribution is 2.43. The van der Waals surface area contributed by atoms with Crippen molar-refractivity contribution in [1.29, 1.82) is 0 Å². The zero-order valence-corrected chi connectivity index (χ0v) is 14.9. The van der Waals surface area contributed by atoms with Gasteiger partial charge in [0.2, 0.25) is 0 Å². The Balaban J connectivity index is 2.07. The van der Waals surface area contributed by atoms with Gasteiger partial charge in [-0.1, -0.05) is 57.9 Å². The summed E-state index contributed by atoms with van der Waals surface area (Å²) < 4.78 is 0.297. The van der Waals surface area contributed by atoms with Crippen LogP contribution in [0.25, 0.3) is 0 Å². The molecular formula is C17H27NOS2. The van der Waals surface area contributed by atoms with E-state index in [-0.39, 0.29) is 15.4 Å². The molecule has 1 heterocycles. The summed E-state index contributed by atoms with van der Waals surface area (Å²) in [5, 5.41) is 11.9. The van der Waals surface area contributed by atoms with E-state index in [2.05, 4.69) is 25.8 Å². The summed E-state index contributed by atoms with van der Waals surface area (Å²) in [6, 6.07) is 5.99. The summed E-state index contributed by atoms with van der Waals surface area (Å²) in [5.41, 5.74) is 0. The maximum atomic E-state index is 10.9. The molecule has 0 bridgehead atoms. The summed E-state index contributed by atoms with van der Waals surface area (Å²) in [5.74, 6) is 0.454. The van der Waals surface area contributed by atoms with E-state index in [4.69, 9.17) is 0 Å². The lowest BCUT2D eigenvalue weighted by Gasteiger charge is -2.34. The molecule has 4 heteroatoms. The van der Waals surface area contributed by atoms with Gasteiger partial charge in [0.05, 0.1) is 15.7 Å². The summed E-state index contributed by atoms with van der Waals surface area (Å²) in [6.07, 6.45) is 7.78. The average Bonchev–Trinajstić information content (AvgIpc) is 2.46. The van der Waals surface area contributed by atoms with Gasteiger partial charge in [-0.15, -0.1) is 11.8 Å². The van der Waals surface area contributed by atoms with Gasteiger partial charge in [0.15, 0.2) is 0 Å². The summed E-state index contributed by atoms with van der Waals surface area (Å²) in [4.78, 5) is 4.41. The van der Waals surface area contributed by atoms with Crippen molar-refractivity contribution in [1.82, 2.24) is 4.98 Å². The Morgan fingerprint density at radius 2 is 1.90 bits per heavy atom. The van der Waals surface area contributed by atoms with Crippen LogP contribution < -0.4 is 0 Å². The average molecular weight is 326 g/mol. The van der Waals surface area contributed by atoms with Crippen molar-refractivity contribution in [3.05, 3.63) is 24.4 Å². The highest BCUT2D eigenvalue weighted by Gasteiger charge is 2.33. The zero-order chi connectivity index (χ0) is 15.3. The van der Waals surface area contributed by atoms with Gasteiger partial charge in [0.25, 0.3) is 0 Å². The van der Waals surface area contributed by atoms with Crippen LogP contribution in [0.1, 0.15) is 52.9 Å². The van der Waals surface area contributed by atoms with Crippen LogP contribution in [-0.2, 0) is 0 Å². The molecule has 1 aliphatic carbocycles. The molecule has 1 saturated carbocycles. The van der Waals surface area contributed by atoms with Gasteiger partial charge in [0, 0.05) is 10.9 Å². The summed E-state index contributed by atoms with van der Waals surface area (Å²) in [7, 11) is 0. The number of nitrogens with zero attached hydrogens (tertiary/aromatic N) is 1. The van der Waals surface area contributed by atoms with Crippen LogP contribution in [0.3, 0.4) is 0 Å². The topological polar surface area (TPSA) is 33.1 Å². The first-order chi connectivity index (χ1) is 9.96. The summed E-state index contributed by atoms with van der Waals surface area (Å²) >= 11 is 3.59. The number of aliphatic hydroxyl groups is 1. The number of hydrogen-bond donors (Lipinski definition) is 1. The first-order valence-corrected chi connectivity index (χ1v) is 9.65. The Labute approximate surface area is 137 Å². The van der Waals surface area contributed by atoms with Gasteiger partial charge in [-0.3, -0.25) is 0 Å². The lowest BCUT2D eigenvalue weighted by atomic mass is 9.86. The quantitative estimate of drug-likeness (QED) is 0.612. The van der Waals surface area contributed by atoms with Crippen LogP contribution >= 0.6 is 23.5 Å². The normalized spacial score (nSPS) is 20.2. The van der Waals surface area contributed by atoms with Crippen molar-refractivity contribution in [2.24, 2.45) is 5.92 Å². The molecule has 0 amide bonds. The fourth-order valence-electron chi connectivity index (χ4n) is 2.75. The summed E-state index contributed by atoms with van der Waals surface area (Å²) in [6.45, 7) is 6.66. The van der Waals surface area contributed by atoms with Gasteiger partial charge in [-0.25, -0.2) is 4.98 Å². The highest BCUT2D eigenvalue weighted by molar-refractivity contribution is 8.17. The minimum atomic E-state index is -0.249. The first-order valence-electron chi connectivity index (χ1n) is 7.89. The van der Waals surface area contributed by atoms with E-state index in [1.165, 1.54) is 32.1 Å². The van der Waals surface area contributed by atoms with Crippen molar-refractivity contribution in [2.45, 2.75) is 73.3 Å². The number of pyridine rings is 1. The maximum Gasteiger partial charge on any atom is 0.0971 e. The molecule has 21 heavy (non-hydrogen) atoms. The third-order valence-electron chi connectivity index (χ3n) is 3.76. The van der Waals surface area contributed by atoms with E-state index in [9.17, 15) is 5.11 Å². The number of thioether (sulfide) groups is 2. The molecule has 1 aliphatic rings. The lowest BCUT2D eigenvalue weighted by Crippen LogP contribution is -2.33. The Kier molecular flexibility index (Phi) is 6.45. The van der Waals surface area contributed by atoms with Gasteiger partial charge in [0.1, 0.15) is 0 Å². The lowest BCUT2D eigenvalue weighted by molar-refractivity contribution is 0.0985. The molecule has 1 fully saturated rings. The number of hydrogen-bond acceptors (Lipinski definition) is 4. The monoisotopic (exact) mass is 325 g/mol. The third-order valence-corrected chi connectivity index (χ3v) is 6.55. The van der Waals surface area contributed by atoms with E-state index in [0.717, 1.165) is 5.03 Å². The minimum Gasteiger partial charge on any atom is -0.391 e. The van der Waals surface area contributed by atoms with Gasteiger partial charge >= 0.3 is 0 Å². The third kappa shape index (κ3) is 5.84. The largest absolute Gasteiger partial charge is 0.391 e. The fourth-order valence-corrected chi connectivity index (χ4v) is 6.04. The molecule has 1 N–H and O–H groups in total. The van der Waals surface area contributed by atoms with Crippen molar-refractivity contribution >= 4 is 23.5 Å². The van der Waals surface area contributed by atoms with Crippen molar-refractivity contribution in [3.8, 4) is 0 Å². The van der Waals surface area contributed by atoms with Gasteiger partial charge in [-0.05, 0) is 30.9 Å². The maximum absolute atomic E-state index is 10.9. The van der Waals surface area contributed by atoms with E-state index >= 15 is 0 Å². The Morgan fingerprint density at radius 3 is 2.48 bits per heavy atom. The molecule has 0 radical (unpaired) electrons. The Hall–Kier alpha value is -0.190. The molecule has 2 rings (SSSR count). The van der Waals surface area contributed by atoms with Crippen molar-refractivity contribution in [3.63, 3.8) is 0 Å². The molecule has 1 aromatic heterocycles. The van der Waals surface area contributed by atoms with E-state index in [1.807, 2.05) is 36.2 Å². The van der Waals surface area contributed by atoms with Crippen LogP contribution in [0.4, 0.5) is 0 Å². The molecule has 0 aromatic carbocycles. The molecule has 0 aliphatic heterocycles. The number of aliphatic hydroxyl groups excluding tert-OH is 1. The van der Waals surface area contributed by atoms with E-state index < -0.39 is 0 Å². The van der Waals surface area contributed by atoms with Crippen LogP contribution in [0, 0.1) is 5.92 Å². The van der Waals surface area contributed by atoms with Crippen molar-refractivity contribution < 1.29 is 5.11 Å². The Morgan fingerprint density at radius 1 is 1.19 bits per heavy atom. The number of aromatic nitrogens is 1. The SMILES string of the molecule is CC(C)(C)S[C@@H](Sc1ccccn1)[C@@H](O)C1CCCCC1. The molecule has 0 spiro atoms. The predicted octanol–water partition coefficient (Wildman–Crippen LogP) is 4.97. The van der Waals surface area contributed by atoms with Crippen LogP contribution in [-0.4, -0.2) is 25.5 Å². The van der Waals surface area contributed by atoms with Gasteiger partial charge < -0.3 is 5.11 Å². The minimum absolute atomic E-state index is 0.141. The second kappa shape index (κ2) is 7.89. The molecule has 1 aromatic rings. The van der Waals surface area contributed by atoms with Crippen LogP contribution in [0.5, 0.6) is 0 Å². The zero-order valence-electron chi connectivity index (χ0n) is 13.3. The van der Waals surface area contributed by atoms with Gasteiger partial charge in [-0.2, -0.15) is 0 Å². The molecule has 118 valence electrons. The second-order valence-electron chi connectivity index (χ2n) is 6.77. The van der Waals surface area contributed by atoms with Crippen molar-refractivity contribution in [2.75, 3.05) is 0 Å². The molecule has 0 saturated heterocycles. The fraction of sp³-hybridized carbons (Fsp3) is 0.706. The van der Waals surface area contributed by atoms with Crippen LogP contribution in [0.2, 0.25) is 0 Å². The number of rotatable bonds is 5. The Bertz CT molecular complexity index is 413. The standard InChI is InChI=1S/C17H27NOS2/c1-17(2,3)21-16(20-14-11-7-8-12-18-14)15(19)13-9-5-4-6-10-13/h7-8,11-13,15-16,19H,4-6,9-10H2,1-3H3/t15-,16+/m0/s1. The van der Waals surface area contributed by atoms with E-state index in [1.54, 1.807) is 11.8 Å². The molecule has 0 unspecified atom stereocenters. The molecule has 2 nitrogen and oxygen atoms in total. The van der Waals surface area contributed by atoms with Crippen LogP contribution in [0.15, 0.2) is 29.4 Å². The first kappa shape index (κ1) is 17.2. The second-order valence-corrected chi connectivity index (χ2v) is 10.2. The molecular weight excluding hydrogens is 298 g/mol.